The minimum atomic E-state index is 0.263. The van der Waals surface area contributed by atoms with Crippen LogP contribution < -0.4 is 5.32 Å². The van der Waals surface area contributed by atoms with Gasteiger partial charge in [-0.25, -0.2) is 0 Å². The molecule has 1 N–H and O–H groups in total. The van der Waals surface area contributed by atoms with Crippen molar-refractivity contribution in [2.45, 2.75) is 19.9 Å². The molecule has 1 aromatic heterocycles. The highest BCUT2D eigenvalue weighted by Crippen LogP contribution is 2.15. The lowest BCUT2D eigenvalue weighted by molar-refractivity contribution is 0.299. The third-order valence-corrected chi connectivity index (χ3v) is 2.30. The van der Waals surface area contributed by atoms with Crippen molar-refractivity contribution in [3.05, 3.63) is 36.2 Å². The van der Waals surface area contributed by atoms with Crippen molar-refractivity contribution < 1.29 is 4.74 Å². The summed E-state index contributed by atoms with van der Waals surface area (Å²) in [5.41, 5.74) is 1.95. The van der Waals surface area contributed by atoms with E-state index in [1.807, 2.05) is 26.1 Å². The molecule has 1 rings (SSSR count). The topological polar surface area (TPSA) is 34.1 Å². The molecule has 1 heterocycles. The third kappa shape index (κ3) is 3.06. The average Bonchev–Trinajstić information content (AvgIpc) is 2.28. The number of aromatic nitrogens is 1. The summed E-state index contributed by atoms with van der Waals surface area (Å²) in [7, 11) is 1.92. The molecule has 0 amide bonds. The first kappa shape index (κ1) is 11.7. The highest BCUT2D eigenvalue weighted by atomic mass is 16.5. The molecule has 15 heavy (non-hydrogen) atoms. The van der Waals surface area contributed by atoms with E-state index in [9.17, 15) is 0 Å². The highest BCUT2D eigenvalue weighted by molar-refractivity contribution is 5.56. The maximum Gasteiger partial charge on any atom is 0.120 e. The lowest BCUT2D eigenvalue weighted by atomic mass is 10.2. The van der Waals surface area contributed by atoms with Crippen LogP contribution in [0.4, 0.5) is 0 Å². The Kier molecular flexibility index (Phi) is 4.31. The normalized spacial score (nSPS) is 12.2. The number of pyridine rings is 1. The number of hydrogen-bond donors (Lipinski definition) is 1. The smallest absolute Gasteiger partial charge is 0.120 e. The van der Waals surface area contributed by atoms with Gasteiger partial charge in [0.1, 0.15) is 5.76 Å². The van der Waals surface area contributed by atoms with E-state index >= 15 is 0 Å². The summed E-state index contributed by atoms with van der Waals surface area (Å²) < 4.78 is 5.30. The Morgan fingerprint density at radius 1 is 1.60 bits per heavy atom. The van der Waals surface area contributed by atoms with Gasteiger partial charge in [-0.3, -0.25) is 4.98 Å². The Morgan fingerprint density at radius 2 is 2.33 bits per heavy atom. The summed E-state index contributed by atoms with van der Waals surface area (Å²) in [4.78, 5) is 4.35. The zero-order valence-electron chi connectivity index (χ0n) is 9.58. The molecule has 0 aliphatic carbocycles. The van der Waals surface area contributed by atoms with Crippen LogP contribution in [0.15, 0.2) is 24.9 Å². The van der Waals surface area contributed by atoms with Gasteiger partial charge in [0, 0.05) is 17.8 Å². The van der Waals surface area contributed by atoms with Gasteiger partial charge in [-0.15, -0.1) is 0 Å². The number of hydrogen-bond acceptors (Lipinski definition) is 3. The van der Waals surface area contributed by atoms with Gasteiger partial charge in [-0.1, -0.05) is 6.58 Å². The van der Waals surface area contributed by atoms with Crippen LogP contribution in [-0.2, 0) is 4.74 Å². The molecule has 0 spiro atoms. The molecular weight excluding hydrogens is 188 g/mol. The average molecular weight is 206 g/mol. The first-order valence-electron chi connectivity index (χ1n) is 5.14. The van der Waals surface area contributed by atoms with E-state index < -0.39 is 0 Å². The molecule has 3 heteroatoms. The van der Waals surface area contributed by atoms with E-state index in [-0.39, 0.29) is 6.04 Å². The van der Waals surface area contributed by atoms with Crippen molar-refractivity contribution in [3.8, 4) is 0 Å². The Balaban J connectivity index is 2.76. The Bertz CT molecular complexity index is 319. The molecule has 1 atom stereocenters. The largest absolute Gasteiger partial charge is 0.494 e. The van der Waals surface area contributed by atoms with Gasteiger partial charge in [-0.05, 0) is 33.0 Å². The molecule has 3 nitrogen and oxygen atoms in total. The zero-order chi connectivity index (χ0) is 11.3. The van der Waals surface area contributed by atoms with Crippen LogP contribution in [0.5, 0.6) is 0 Å². The van der Waals surface area contributed by atoms with Crippen LogP contribution in [0.3, 0.4) is 0 Å². The van der Waals surface area contributed by atoms with Crippen molar-refractivity contribution in [1.82, 2.24) is 10.3 Å². The summed E-state index contributed by atoms with van der Waals surface area (Å²) >= 11 is 0. The minimum Gasteiger partial charge on any atom is -0.494 e. The van der Waals surface area contributed by atoms with E-state index in [0.29, 0.717) is 12.4 Å². The van der Waals surface area contributed by atoms with E-state index in [0.717, 1.165) is 11.3 Å². The summed E-state index contributed by atoms with van der Waals surface area (Å²) in [5, 5.41) is 3.14. The Labute approximate surface area is 91.2 Å². The van der Waals surface area contributed by atoms with Crippen LogP contribution in [0.2, 0.25) is 0 Å². The number of nitrogens with one attached hydrogen (secondary N) is 1. The molecule has 0 radical (unpaired) electrons. The lowest BCUT2D eigenvalue weighted by Crippen LogP contribution is -2.13. The Morgan fingerprint density at radius 3 is 2.80 bits per heavy atom. The summed E-state index contributed by atoms with van der Waals surface area (Å²) in [6.45, 7) is 8.47. The standard InChI is InChI=1S/C12H18N2O/c1-5-15-10(3)11-6-7-12(14-8-11)9(2)13-4/h6-9,13H,3,5H2,1-2,4H3. The zero-order valence-corrected chi connectivity index (χ0v) is 9.58. The number of nitrogens with zero attached hydrogens (tertiary/aromatic N) is 1. The summed E-state index contributed by atoms with van der Waals surface area (Å²) in [5.74, 6) is 0.675. The maximum atomic E-state index is 5.30. The van der Waals surface area contributed by atoms with Crippen molar-refractivity contribution in [1.29, 1.82) is 0 Å². The van der Waals surface area contributed by atoms with Gasteiger partial charge >= 0.3 is 0 Å². The van der Waals surface area contributed by atoms with Gasteiger partial charge < -0.3 is 10.1 Å². The van der Waals surface area contributed by atoms with Crippen molar-refractivity contribution in [2.75, 3.05) is 13.7 Å². The van der Waals surface area contributed by atoms with Crippen LogP contribution in [0, 0.1) is 0 Å². The predicted molar refractivity (Wildman–Crippen MR) is 62.4 cm³/mol. The molecule has 0 aromatic carbocycles. The van der Waals surface area contributed by atoms with Crippen molar-refractivity contribution in [3.63, 3.8) is 0 Å². The second-order valence-electron chi connectivity index (χ2n) is 3.34. The third-order valence-electron chi connectivity index (χ3n) is 2.30. The number of ether oxygens (including phenoxy) is 1. The van der Waals surface area contributed by atoms with Crippen LogP contribution in [-0.4, -0.2) is 18.6 Å². The van der Waals surface area contributed by atoms with Gasteiger partial charge in [0.15, 0.2) is 0 Å². The first-order chi connectivity index (χ1) is 7.19. The highest BCUT2D eigenvalue weighted by Gasteiger charge is 2.05. The SMILES string of the molecule is C=C(OCC)c1ccc(C(C)NC)nc1. The monoisotopic (exact) mass is 206 g/mol. The fraction of sp³-hybridized carbons (Fsp3) is 0.417. The summed E-state index contributed by atoms with van der Waals surface area (Å²) in [6.07, 6.45) is 1.79. The molecule has 0 saturated carbocycles. The number of rotatable bonds is 5. The maximum absolute atomic E-state index is 5.30. The molecule has 0 aliphatic heterocycles. The van der Waals surface area contributed by atoms with Crippen molar-refractivity contribution in [2.24, 2.45) is 0 Å². The summed E-state index contributed by atoms with van der Waals surface area (Å²) in [6, 6.07) is 4.23. The van der Waals surface area contributed by atoms with E-state index in [4.69, 9.17) is 4.74 Å². The molecular formula is C12H18N2O. The van der Waals surface area contributed by atoms with Gasteiger partial charge in [0.05, 0.1) is 12.3 Å². The molecule has 0 saturated heterocycles. The lowest BCUT2D eigenvalue weighted by Gasteiger charge is -2.11. The van der Waals surface area contributed by atoms with Crippen LogP contribution in [0.25, 0.3) is 5.76 Å². The second-order valence-corrected chi connectivity index (χ2v) is 3.34. The van der Waals surface area contributed by atoms with E-state index in [1.165, 1.54) is 0 Å². The molecule has 82 valence electrons. The Hall–Kier alpha value is -1.35. The molecule has 0 bridgehead atoms. The van der Waals surface area contributed by atoms with E-state index in [2.05, 4.69) is 23.8 Å². The molecule has 0 fully saturated rings. The van der Waals surface area contributed by atoms with Gasteiger partial charge in [-0.2, -0.15) is 0 Å². The molecule has 1 aromatic rings. The second kappa shape index (κ2) is 5.51. The van der Waals surface area contributed by atoms with Crippen LogP contribution in [0.1, 0.15) is 31.1 Å². The quantitative estimate of drug-likeness (QED) is 0.751. The fourth-order valence-electron chi connectivity index (χ4n) is 1.23. The fourth-order valence-corrected chi connectivity index (χ4v) is 1.23. The van der Waals surface area contributed by atoms with Gasteiger partial charge in [0.2, 0.25) is 0 Å². The minimum absolute atomic E-state index is 0.263. The molecule has 1 unspecified atom stereocenters. The van der Waals surface area contributed by atoms with Gasteiger partial charge in [0.25, 0.3) is 0 Å². The predicted octanol–water partition coefficient (Wildman–Crippen LogP) is 2.37. The van der Waals surface area contributed by atoms with Crippen molar-refractivity contribution >= 4 is 5.76 Å². The first-order valence-corrected chi connectivity index (χ1v) is 5.14. The molecule has 0 aliphatic rings. The van der Waals surface area contributed by atoms with E-state index in [1.54, 1.807) is 6.20 Å². The van der Waals surface area contributed by atoms with Crippen LogP contribution >= 0.6 is 0 Å².